The fourth-order valence-electron chi connectivity index (χ4n) is 1.18. The van der Waals surface area contributed by atoms with Crippen LogP contribution < -0.4 is 5.32 Å². The lowest BCUT2D eigenvalue weighted by atomic mass is 10.1. The number of nitrogens with one attached hydrogen (secondary N) is 1. The number of amides is 1. The Hall–Kier alpha value is -0.790. The van der Waals surface area contributed by atoms with Crippen molar-refractivity contribution >= 4 is 5.91 Å². The Labute approximate surface area is 87.8 Å². The molecule has 0 saturated carbocycles. The van der Waals surface area contributed by atoms with Gasteiger partial charge in [0.25, 0.3) is 0 Å². The number of carbonyl (C=O) groups is 1. The maximum atomic E-state index is 11.1. The van der Waals surface area contributed by atoms with Crippen LogP contribution in [0.15, 0.2) is 12.2 Å². The first kappa shape index (κ1) is 13.2. The first-order valence-electron chi connectivity index (χ1n) is 5.41. The van der Waals surface area contributed by atoms with Crippen molar-refractivity contribution in [3.63, 3.8) is 0 Å². The smallest absolute Gasteiger partial charge is 0.246 e. The third-order valence-corrected chi connectivity index (χ3v) is 2.10. The van der Waals surface area contributed by atoms with E-state index in [1.54, 1.807) is 6.92 Å². The summed E-state index contributed by atoms with van der Waals surface area (Å²) < 4.78 is 0. The first-order valence-corrected chi connectivity index (χ1v) is 5.41. The third-order valence-electron chi connectivity index (χ3n) is 2.10. The molecule has 0 aliphatic rings. The summed E-state index contributed by atoms with van der Waals surface area (Å²) >= 11 is 0. The van der Waals surface area contributed by atoms with Gasteiger partial charge in [-0.3, -0.25) is 4.79 Å². The van der Waals surface area contributed by atoms with Crippen LogP contribution in [0.3, 0.4) is 0 Å². The van der Waals surface area contributed by atoms with Gasteiger partial charge < -0.3 is 5.32 Å². The van der Waals surface area contributed by atoms with Gasteiger partial charge in [0.2, 0.25) is 5.91 Å². The van der Waals surface area contributed by atoms with E-state index in [0.29, 0.717) is 5.57 Å². The Morgan fingerprint density at radius 1 is 1.14 bits per heavy atom. The van der Waals surface area contributed by atoms with E-state index in [4.69, 9.17) is 0 Å². The monoisotopic (exact) mass is 196 g/mol. The molecular weight excluding hydrogens is 174 g/mol. The standard InChI is InChI=1S/C12H22NO/c1-4-5-6-7-8-9-10-13-12(14)11(2)3/h1-2,4-10H2,3H3,(H,13,14). The van der Waals surface area contributed by atoms with E-state index in [2.05, 4.69) is 18.8 Å². The van der Waals surface area contributed by atoms with Crippen LogP contribution >= 0.6 is 0 Å². The molecule has 0 aromatic heterocycles. The molecule has 0 rings (SSSR count). The molecule has 0 saturated heterocycles. The molecule has 0 atom stereocenters. The van der Waals surface area contributed by atoms with Crippen LogP contribution in [0.1, 0.15) is 45.4 Å². The number of hydrogen-bond donors (Lipinski definition) is 1. The molecule has 81 valence electrons. The molecule has 14 heavy (non-hydrogen) atoms. The highest BCUT2D eigenvalue weighted by Crippen LogP contribution is 2.03. The average molecular weight is 196 g/mol. The molecule has 0 bridgehead atoms. The second-order valence-corrected chi connectivity index (χ2v) is 3.66. The third kappa shape index (κ3) is 7.84. The number of rotatable bonds is 8. The molecule has 0 aliphatic heterocycles. The Morgan fingerprint density at radius 3 is 2.29 bits per heavy atom. The van der Waals surface area contributed by atoms with Gasteiger partial charge in [-0.2, -0.15) is 0 Å². The summed E-state index contributed by atoms with van der Waals surface area (Å²) in [5, 5.41) is 2.82. The molecule has 1 N–H and O–H groups in total. The van der Waals surface area contributed by atoms with E-state index in [1.165, 1.54) is 25.7 Å². The second-order valence-electron chi connectivity index (χ2n) is 3.66. The summed E-state index contributed by atoms with van der Waals surface area (Å²) in [4.78, 5) is 11.1. The number of carbonyl (C=O) groups excluding carboxylic acids is 1. The fourth-order valence-corrected chi connectivity index (χ4v) is 1.18. The largest absolute Gasteiger partial charge is 0.352 e. The van der Waals surface area contributed by atoms with Crippen LogP contribution in [0, 0.1) is 6.92 Å². The zero-order valence-corrected chi connectivity index (χ0v) is 9.27. The zero-order chi connectivity index (χ0) is 10.8. The van der Waals surface area contributed by atoms with Crippen molar-refractivity contribution in [1.82, 2.24) is 5.32 Å². The summed E-state index contributed by atoms with van der Waals surface area (Å²) in [5.74, 6) is -0.0252. The van der Waals surface area contributed by atoms with Gasteiger partial charge in [-0.15, -0.1) is 0 Å². The molecule has 0 unspecified atom stereocenters. The predicted molar refractivity (Wildman–Crippen MR) is 60.9 cm³/mol. The highest BCUT2D eigenvalue weighted by atomic mass is 16.1. The summed E-state index contributed by atoms with van der Waals surface area (Å²) in [6.45, 7) is 9.87. The van der Waals surface area contributed by atoms with E-state index < -0.39 is 0 Å². The molecule has 0 aromatic rings. The molecular formula is C12H22NO. The second kappa shape index (κ2) is 8.79. The van der Waals surface area contributed by atoms with E-state index in [0.717, 1.165) is 19.4 Å². The van der Waals surface area contributed by atoms with Crippen molar-refractivity contribution in [2.45, 2.75) is 45.4 Å². The van der Waals surface area contributed by atoms with Gasteiger partial charge >= 0.3 is 0 Å². The lowest BCUT2D eigenvalue weighted by molar-refractivity contribution is -0.117. The van der Waals surface area contributed by atoms with Gasteiger partial charge in [-0.1, -0.05) is 45.6 Å². The van der Waals surface area contributed by atoms with Crippen LogP contribution in [0.4, 0.5) is 0 Å². The topological polar surface area (TPSA) is 29.1 Å². The normalized spacial score (nSPS) is 9.86. The van der Waals surface area contributed by atoms with Crippen LogP contribution in [0.2, 0.25) is 0 Å². The lowest BCUT2D eigenvalue weighted by Gasteiger charge is -2.04. The zero-order valence-electron chi connectivity index (χ0n) is 9.27. The maximum absolute atomic E-state index is 11.1. The van der Waals surface area contributed by atoms with Crippen molar-refractivity contribution in [3.05, 3.63) is 19.1 Å². The van der Waals surface area contributed by atoms with Crippen molar-refractivity contribution in [2.24, 2.45) is 0 Å². The van der Waals surface area contributed by atoms with E-state index in [-0.39, 0.29) is 5.91 Å². The van der Waals surface area contributed by atoms with Crippen LogP contribution in [-0.2, 0) is 4.79 Å². The molecule has 0 aromatic carbocycles. The van der Waals surface area contributed by atoms with Gasteiger partial charge in [0.1, 0.15) is 0 Å². The fraction of sp³-hybridized carbons (Fsp3) is 0.667. The Bertz CT molecular complexity index is 175. The Balaban J connectivity index is 3.13. The molecule has 1 amide bonds. The van der Waals surface area contributed by atoms with Gasteiger partial charge in [0, 0.05) is 12.1 Å². The van der Waals surface area contributed by atoms with Gasteiger partial charge in [-0.25, -0.2) is 0 Å². The molecule has 0 heterocycles. The number of hydrogen-bond acceptors (Lipinski definition) is 1. The SMILES string of the molecule is [CH2]CCCCCCCNC(=O)C(=C)C. The molecule has 0 fully saturated rings. The summed E-state index contributed by atoms with van der Waals surface area (Å²) in [7, 11) is 0. The highest BCUT2D eigenvalue weighted by molar-refractivity contribution is 5.91. The minimum atomic E-state index is -0.0252. The van der Waals surface area contributed by atoms with Crippen LogP contribution in [-0.4, -0.2) is 12.5 Å². The molecule has 2 nitrogen and oxygen atoms in total. The van der Waals surface area contributed by atoms with E-state index in [1.807, 2.05) is 0 Å². The molecule has 0 spiro atoms. The van der Waals surface area contributed by atoms with Gasteiger partial charge in [0.05, 0.1) is 0 Å². The molecule has 1 radical (unpaired) electrons. The van der Waals surface area contributed by atoms with E-state index >= 15 is 0 Å². The minimum Gasteiger partial charge on any atom is -0.352 e. The maximum Gasteiger partial charge on any atom is 0.246 e. The highest BCUT2D eigenvalue weighted by Gasteiger charge is 1.98. The van der Waals surface area contributed by atoms with Crippen LogP contribution in [0.5, 0.6) is 0 Å². The van der Waals surface area contributed by atoms with Crippen molar-refractivity contribution < 1.29 is 4.79 Å². The average Bonchev–Trinajstić information content (AvgIpc) is 2.16. The summed E-state index contributed by atoms with van der Waals surface area (Å²) in [6.07, 6.45) is 7.02. The van der Waals surface area contributed by atoms with Crippen molar-refractivity contribution in [1.29, 1.82) is 0 Å². The summed E-state index contributed by atoms with van der Waals surface area (Å²) in [5.41, 5.74) is 0.585. The van der Waals surface area contributed by atoms with Crippen molar-refractivity contribution in [3.8, 4) is 0 Å². The van der Waals surface area contributed by atoms with Gasteiger partial charge in [0.15, 0.2) is 0 Å². The minimum absolute atomic E-state index is 0.0252. The van der Waals surface area contributed by atoms with Gasteiger partial charge in [-0.05, 0) is 13.3 Å². The van der Waals surface area contributed by atoms with E-state index in [9.17, 15) is 4.79 Å². The van der Waals surface area contributed by atoms with Crippen molar-refractivity contribution in [2.75, 3.05) is 6.54 Å². The first-order chi connectivity index (χ1) is 6.68. The molecule has 2 heteroatoms. The lowest BCUT2D eigenvalue weighted by Crippen LogP contribution is -2.24. The predicted octanol–water partition coefficient (Wildman–Crippen LogP) is 2.85. The Morgan fingerprint density at radius 2 is 1.71 bits per heavy atom. The Kier molecular flexibility index (Phi) is 8.30. The quantitative estimate of drug-likeness (QED) is 0.469. The number of unbranched alkanes of at least 4 members (excludes halogenated alkanes) is 5. The molecule has 0 aliphatic carbocycles. The summed E-state index contributed by atoms with van der Waals surface area (Å²) in [6, 6.07) is 0. The van der Waals surface area contributed by atoms with Crippen LogP contribution in [0.25, 0.3) is 0 Å².